The fourth-order valence-corrected chi connectivity index (χ4v) is 2.95. The van der Waals surface area contributed by atoms with E-state index in [9.17, 15) is 0 Å². The summed E-state index contributed by atoms with van der Waals surface area (Å²) in [5.41, 5.74) is 2.24. The average Bonchev–Trinajstić information content (AvgIpc) is 3.29. The number of aryl methyl sites for hydroxylation is 1. The van der Waals surface area contributed by atoms with Gasteiger partial charge in [-0.15, -0.1) is 0 Å². The minimum atomic E-state index is 0.461. The van der Waals surface area contributed by atoms with Crippen molar-refractivity contribution in [1.82, 2.24) is 15.3 Å². The summed E-state index contributed by atoms with van der Waals surface area (Å²) in [6.45, 7) is 9.83. The number of rotatable bonds is 5. The average molecular weight is 288 g/mol. The van der Waals surface area contributed by atoms with E-state index in [-0.39, 0.29) is 0 Å². The molecule has 4 nitrogen and oxygen atoms in total. The van der Waals surface area contributed by atoms with Crippen molar-refractivity contribution in [2.24, 2.45) is 5.92 Å². The molecule has 1 aliphatic carbocycles. The van der Waals surface area contributed by atoms with Gasteiger partial charge in [-0.1, -0.05) is 13.8 Å². The molecule has 1 aromatic rings. The van der Waals surface area contributed by atoms with Gasteiger partial charge in [0.2, 0.25) is 5.95 Å². The van der Waals surface area contributed by atoms with Crippen molar-refractivity contribution in [2.75, 3.05) is 24.5 Å². The fraction of sp³-hybridized carbons (Fsp3) is 0.765. The minimum absolute atomic E-state index is 0.461. The van der Waals surface area contributed by atoms with Gasteiger partial charge in [-0.2, -0.15) is 0 Å². The first kappa shape index (κ1) is 14.8. The molecular weight excluding hydrogens is 260 g/mol. The third kappa shape index (κ3) is 3.94. The first-order valence-corrected chi connectivity index (χ1v) is 8.45. The highest BCUT2D eigenvalue weighted by Crippen LogP contribution is 2.28. The van der Waals surface area contributed by atoms with Crippen molar-refractivity contribution in [1.29, 1.82) is 0 Å². The molecule has 1 saturated heterocycles. The second-order valence-corrected chi connectivity index (χ2v) is 7.00. The van der Waals surface area contributed by atoms with Gasteiger partial charge in [0.25, 0.3) is 0 Å². The zero-order valence-electron chi connectivity index (χ0n) is 13.6. The van der Waals surface area contributed by atoms with Crippen LogP contribution in [0.25, 0.3) is 0 Å². The second-order valence-electron chi connectivity index (χ2n) is 7.00. The SMILES string of the molecule is Cc1cc(C(C)C)nc(N2CCC(NCC3CC3)CC2)n1. The molecule has 0 amide bonds. The Morgan fingerprint density at radius 1 is 1.19 bits per heavy atom. The number of nitrogens with one attached hydrogen (secondary N) is 1. The van der Waals surface area contributed by atoms with Crippen molar-refractivity contribution >= 4 is 5.95 Å². The number of anilines is 1. The maximum absolute atomic E-state index is 4.76. The van der Waals surface area contributed by atoms with Crippen molar-refractivity contribution in [2.45, 2.75) is 58.4 Å². The van der Waals surface area contributed by atoms with Gasteiger partial charge >= 0.3 is 0 Å². The number of hydrogen-bond donors (Lipinski definition) is 1. The van der Waals surface area contributed by atoms with Crippen LogP contribution in [-0.2, 0) is 0 Å². The van der Waals surface area contributed by atoms with E-state index in [1.807, 2.05) is 0 Å². The predicted molar refractivity (Wildman–Crippen MR) is 86.8 cm³/mol. The maximum Gasteiger partial charge on any atom is 0.225 e. The molecular formula is C17H28N4. The molecule has 1 N–H and O–H groups in total. The number of hydrogen-bond acceptors (Lipinski definition) is 4. The summed E-state index contributed by atoms with van der Waals surface area (Å²) in [7, 11) is 0. The third-order valence-electron chi connectivity index (χ3n) is 4.62. The molecule has 0 unspecified atom stereocenters. The first-order valence-electron chi connectivity index (χ1n) is 8.45. The van der Waals surface area contributed by atoms with Crippen LogP contribution in [0.3, 0.4) is 0 Å². The summed E-state index contributed by atoms with van der Waals surface area (Å²) >= 11 is 0. The summed E-state index contributed by atoms with van der Waals surface area (Å²) in [4.78, 5) is 11.8. The Balaban J connectivity index is 1.58. The largest absolute Gasteiger partial charge is 0.341 e. The van der Waals surface area contributed by atoms with Crippen LogP contribution in [0.4, 0.5) is 5.95 Å². The lowest BCUT2D eigenvalue weighted by molar-refractivity contribution is 0.406. The molecule has 2 fully saturated rings. The van der Waals surface area contributed by atoms with Crippen LogP contribution in [0.5, 0.6) is 0 Å². The smallest absolute Gasteiger partial charge is 0.225 e. The lowest BCUT2D eigenvalue weighted by Crippen LogP contribution is -2.43. The molecule has 2 heterocycles. The quantitative estimate of drug-likeness (QED) is 0.904. The zero-order valence-corrected chi connectivity index (χ0v) is 13.6. The minimum Gasteiger partial charge on any atom is -0.341 e. The van der Waals surface area contributed by atoms with Gasteiger partial charge < -0.3 is 10.2 Å². The molecule has 1 aliphatic heterocycles. The van der Waals surface area contributed by atoms with Crippen LogP contribution >= 0.6 is 0 Å². The van der Waals surface area contributed by atoms with Gasteiger partial charge in [0.15, 0.2) is 0 Å². The van der Waals surface area contributed by atoms with Crippen molar-refractivity contribution in [3.8, 4) is 0 Å². The van der Waals surface area contributed by atoms with Crippen molar-refractivity contribution in [3.63, 3.8) is 0 Å². The van der Waals surface area contributed by atoms with E-state index < -0.39 is 0 Å². The Morgan fingerprint density at radius 2 is 1.90 bits per heavy atom. The van der Waals surface area contributed by atoms with E-state index in [4.69, 9.17) is 4.98 Å². The van der Waals surface area contributed by atoms with Crippen LogP contribution in [0.1, 0.15) is 56.8 Å². The van der Waals surface area contributed by atoms with Crippen LogP contribution in [0.15, 0.2) is 6.07 Å². The molecule has 0 radical (unpaired) electrons. The highest BCUT2D eigenvalue weighted by molar-refractivity contribution is 5.33. The molecule has 0 bridgehead atoms. The van der Waals surface area contributed by atoms with Crippen LogP contribution in [-0.4, -0.2) is 35.6 Å². The maximum atomic E-state index is 4.76. The summed E-state index contributed by atoms with van der Waals surface area (Å²) in [5, 5.41) is 3.73. The lowest BCUT2D eigenvalue weighted by atomic mass is 10.1. The van der Waals surface area contributed by atoms with Gasteiger partial charge in [0.1, 0.15) is 0 Å². The Labute approximate surface area is 128 Å². The standard InChI is InChI=1S/C17H28N4/c1-12(2)16-10-13(3)19-17(20-16)21-8-6-15(7-9-21)18-11-14-4-5-14/h10,12,14-15,18H,4-9,11H2,1-3H3. The Kier molecular flexibility index (Phi) is 4.43. The molecule has 1 aromatic heterocycles. The number of nitrogens with zero attached hydrogens (tertiary/aromatic N) is 3. The van der Waals surface area contributed by atoms with Crippen molar-refractivity contribution < 1.29 is 0 Å². The van der Waals surface area contributed by atoms with Gasteiger partial charge in [-0.05, 0) is 57.1 Å². The van der Waals surface area contributed by atoms with Gasteiger partial charge in [0.05, 0.1) is 0 Å². The van der Waals surface area contributed by atoms with E-state index in [1.54, 1.807) is 0 Å². The normalized spacial score (nSPS) is 20.3. The monoisotopic (exact) mass is 288 g/mol. The topological polar surface area (TPSA) is 41.1 Å². The highest BCUT2D eigenvalue weighted by Gasteiger charge is 2.25. The molecule has 21 heavy (non-hydrogen) atoms. The van der Waals surface area contributed by atoms with E-state index in [0.29, 0.717) is 12.0 Å². The molecule has 4 heteroatoms. The van der Waals surface area contributed by atoms with Crippen LogP contribution in [0, 0.1) is 12.8 Å². The Hall–Kier alpha value is -1.16. The Morgan fingerprint density at radius 3 is 2.52 bits per heavy atom. The zero-order chi connectivity index (χ0) is 14.8. The molecule has 0 aromatic carbocycles. The fourth-order valence-electron chi connectivity index (χ4n) is 2.95. The van der Waals surface area contributed by atoms with E-state index in [2.05, 4.69) is 42.0 Å². The third-order valence-corrected chi connectivity index (χ3v) is 4.62. The van der Waals surface area contributed by atoms with Crippen LogP contribution in [0.2, 0.25) is 0 Å². The summed E-state index contributed by atoms with van der Waals surface area (Å²) in [6, 6.07) is 2.80. The highest BCUT2D eigenvalue weighted by atomic mass is 15.3. The summed E-state index contributed by atoms with van der Waals surface area (Å²) < 4.78 is 0. The summed E-state index contributed by atoms with van der Waals surface area (Å²) in [6.07, 6.45) is 5.28. The predicted octanol–water partition coefficient (Wildman–Crippen LogP) is 2.88. The number of piperidine rings is 1. The molecule has 0 spiro atoms. The van der Waals surface area contributed by atoms with Gasteiger partial charge in [-0.25, -0.2) is 9.97 Å². The van der Waals surface area contributed by atoms with E-state index >= 15 is 0 Å². The second kappa shape index (κ2) is 6.30. The van der Waals surface area contributed by atoms with E-state index in [0.717, 1.165) is 36.3 Å². The Bertz CT molecular complexity index is 474. The summed E-state index contributed by atoms with van der Waals surface area (Å²) in [5.74, 6) is 2.36. The van der Waals surface area contributed by atoms with E-state index in [1.165, 1.54) is 32.2 Å². The first-order chi connectivity index (χ1) is 10.1. The van der Waals surface area contributed by atoms with Gasteiger partial charge in [0, 0.05) is 30.5 Å². The molecule has 1 saturated carbocycles. The van der Waals surface area contributed by atoms with Crippen LogP contribution < -0.4 is 10.2 Å². The molecule has 116 valence electrons. The molecule has 0 atom stereocenters. The lowest BCUT2D eigenvalue weighted by Gasteiger charge is -2.33. The molecule has 3 rings (SSSR count). The van der Waals surface area contributed by atoms with Gasteiger partial charge in [-0.3, -0.25) is 0 Å². The molecule has 2 aliphatic rings. The number of aromatic nitrogens is 2. The van der Waals surface area contributed by atoms with Crippen molar-refractivity contribution in [3.05, 3.63) is 17.5 Å².